The van der Waals surface area contributed by atoms with Gasteiger partial charge in [0.1, 0.15) is 0 Å². The molecule has 19 heavy (non-hydrogen) atoms. The fourth-order valence-electron chi connectivity index (χ4n) is 1.98. The SMILES string of the molecule is Cc1ccc(Cl)cc1Nc1nc2c(C)cccc2s1. The van der Waals surface area contributed by atoms with Crippen LogP contribution in [-0.4, -0.2) is 4.98 Å². The third kappa shape index (κ3) is 2.44. The van der Waals surface area contributed by atoms with Crippen molar-refractivity contribution < 1.29 is 0 Å². The van der Waals surface area contributed by atoms with Crippen LogP contribution in [-0.2, 0) is 0 Å². The molecule has 1 N–H and O–H groups in total. The van der Waals surface area contributed by atoms with Gasteiger partial charge >= 0.3 is 0 Å². The van der Waals surface area contributed by atoms with Crippen molar-refractivity contribution in [3.05, 3.63) is 52.5 Å². The molecule has 3 rings (SSSR count). The molecule has 1 heterocycles. The Morgan fingerprint density at radius 3 is 2.74 bits per heavy atom. The summed E-state index contributed by atoms with van der Waals surface area (Å²) < 4.78 is 1.20. The molecule has 1 aromatic heterocycles. The molecule has 0 unspecified atom stereocenters. The Kier molecular flexibility index (Phi) is 3.17. The van der Waals surface area contributed by atoms with Gasteiger partial charge in [-0.2, -0.15) is 0 Å². The fourth-order valence-corrected chi connectivity index (χ4v) is 3.11. The van der Waals surface area contributed by atoms with Gasteiger partial charge in [0.05, 0.1) is 10.2 Å². The number of nitrogens with zero attached hydrogens (tertiary/aromatic N) is 1. The molecule has 0 aliphatic carbocycles. The lowest BCUT2D eigenvalue weighted by Gasteiger charge is -2.06. The Balaban J connectivity index is 2.01. The summed E-state index contributed by atoms with van der Waals surface area (Å²) >= 11 is 7.69. The Bertz CT molecular complexity index is 749. The second-order valence-electron chi connectivity index (χ2n) is 4.52. The molecule has 96 valence electrons. The Morgan fingerprint density at radius 2 is 1.95 bits per heavy atom. The Labute approximate surface area is 121 Å². The first-order valence-electron chi connectivity index (χ1n) is 6.03. The molecule has 0 bridgehead atoms. The van der Waals surface area contributed by atoms with E-state index in [0.29, 0.717) is 0 Å². The van der Waals surface area contributed by atoms with E-state index in [4.69, 9.17) is 11.6 Å². The average Bonchev–Trinajstić information content (AvgIpc) is 2.78. The molecule has 0 saturated carbocycles. The van der Waals surface area contributed by atoms with Crippen molar-refractivity contribution >= 4 is 44.0 Å². The topological polar surface area (TPSA) is 24.9 Å². The maximum Gasteiger partial charge on any atom is 0.188 e. The van der Waals surface area contributed by atoms with Gasteiger partial charge in [0.15, 0.2) is 5.13 Å². The maximum atomic E-state index is 6.03. The second-order valence-corrected chi connectivity index (χ2v) is 5.99. The predicted octanol–water partition coefficient (Wildman–Crippen LogP) is 5.31. The van der Waals surface area contributed by atoms with Gasteiger partial charge in [-0.3, -0.25) is 0 Å². The zero-order valence-electron chi connectivity index (χ0n) is 10.7. The van der Waals surface area contributed by atoms with Crippen molar-refractivity contribution in [2.75, 3.05) is 5.32 Å². The van der Waals surface area contributed by atoms with Crippen LogP contribution >= 0.6 is 22.9 Å². The van der Waals surface area contributed by atoms with E-state index in [9.17, 15) is 0 Å². The minimum Gasteiger partial charge on any atom is -0.331 e. The summed E-state index contributed by atoms with van der Waals surface area (Å²) in [5, 5.41) is 4.98. The number of para-hydroxylation sites is 1. The number of rotatable bonds is 2. The number of fused-ring (bicyclic) bond motifs is 1. The predicted molar refractivity (Wildman–Crippen MR) is 83.8 cm³/mol. The van der Waals surface area contributed by atoms with Gasteiger partial charge in [-0.1, -0.05) is 41.1 Å². The first kappa shape index (κ1) is 12.5. The second kappa shape index (κ2) is 4.83. The van der Waals surface area contributed by atoms with Crippen LogP contribution in [0.5, 0.6) is 0 Å². The largest absolute Gasteiger partial charge is 0.331 e. The molecule has 2 aromatic carbocycles. The molecule has 0 fully saturated rings. The average molecular weight is 289 g/mol. The standard InChI is InChI=1S/C15H13ClN2S/c1-9-6-7-11(16)8-12(9)17-15-18-14-10(2)4-3-5-13(14)19-15/h3-8H,1-2H3,(H,17,18). The van der Waals surface area contributed by atoms with Gasteiger partial charge in [-0.15, -0.1) is 0 Å². The molecule has 0 aliphatic rings. The monoisotopic (exact) mass is 288 g/mol. The van der Waals surface area contributed by atoms with Crippen LogP contribution in [0.4, 0.5) is 10.8 Å². The van der Waals surface area contributed by atoms with Crippen LogP contribution in [0.25, 0.3) is 10.2 Å². The molecule has 0 amide bonds. The minimum atomic E-state index is 0.727. The number of benzene rings is 2. The summed E-state index contributed by atoms with van der Waals surface area (Å²) in [6, 6.07) is 12.1. The van der Waals surface area contributed by atoms with Crippen LogP contribution < -0.4 is 5.32 Å². The Hall–Kier alpha value is -1.58. The number of hydrogen-bond donors (Lipinski definition) is 1. The van der Waals surface area contributed by atoms with Gasteiger partial charge < -0.3 is 5.32 Å². The molecule has 4 heteroatoms. The lowest BCUT2D eigenvalue weighted by atomic mass is 10.2. The van der Waals surface area contributed by atoms with Crippen molar-refractivity contribution in [1.29, 1.82) is 0 Å². The summed E-state index contributed by atoms with van der Waals surface area (Å²) in [5.41, 5.74) is 4.42. The van der Waals surface area contributed by atoms with E-state index in [1.54, 1.807) is 11.3 Å². The van der Waals surface area contributed by atoms with Gasteiger partial charge in [0.25, 0.3) is 0 Å². The van der Waals surface area contributed by atoms with Crippen molar-refractivity contribution in [3.63, 3.8) is 0 Å². The van der Waals surface area contributed by atoms with Crippen molar-refractivity contribution in [3.8, 4) is 0 Å². The molecular formula is C15H13ClN2S. The number of thiazole rings is 1. The molecule has 3 aromatic rings. The summed E-state index contributed by atoms with van der Waals surface area (Å²) in [4.78, 5) is 4.64. The first-order valence-corrected chi connectivity index (χ1v) is 7.22. The number of nitrogens with one attached hydrogen (secondary N) is 1. The molecule has 0 spiro atoms. The van der Waals surface area contributed by atoms with E-state index >= 15 is 0 Å². The maximum absolute atomic E-state index is 6.03. The smallest absolute Gasteiger partial charge is 0.188 e. The Morgan fingerprint density at radius 1 is 1.11 bits per heavy atom. The van der Waals surface area contributed by atoms with Crippen molar-refractivity contribution in [2.24, 2.45) is 0 Å². The summed E-state index contributed by atoms with van der Waals surface area (Å²) in [6.07, 6.45) is 0. The third-order valence-electron chi connectivity index (χ3n) is 3.06. The van der Waals surface area contributed by atoms with Crippen LogP contribution in [0, 0.1) is 13.8 Å². The van der Waals surface area contributed by atoms with Crippen LogP contribution in [0.2, 0.25) is 5.02 Å². The van der Waals surface area contributed by atoms with E-state index in [0.717, 1.165) is 26.9 Å². The zero-order chi connectivity index (χ0) is 13.4. The van der Waals surface area contributed by atoms with Crippen LogP contribution in [0.3, 0.4) is 0 Å². The third-order valence-corrected chi connectivity index (χ3v) is 4.23. The summed E-state index contributed by atoms with van der Waals surface area (Å²) in [5.74, 6) is 0. The molecule has 0 saturated heterocycles. The van der Waals surface area contributed by atoms with E-state index in [1.807, 2.05) is 18.2 Å². The van der Waals surface area contributed by atoms with E-state index < -0.39 is 0 Å². The van der Waals surface area contributed by atoms with Crippen LogP contribution in [0.15, 0.2) is 36.4 Å². The van der Waals surface area contributed by atoms with Gasteiger partial charge in [0, 0.05) is 10.7 Å². The summed E-state index contributed by atoms with van der Waals surface area (Å²) in [6.45, 7) is 4.13. The van der Waals surface area contributed by atoms with E-state index in [2.05, 4.69) is 42.3 Å². The quantitative estimate of drug-likeness (QED) is 0.691. The fraction of sp³-hybridized carbons (Fsp3) is 0.133. The summed E-state index contributed by atoms with van der Waals surface area (Å²) in [7, 11) is 0. The molecule has 0 aliphatic heterocycles. The number of aromatic nitrogens is 1. The minimum absolute atomic E-state index is 0.727. The van der Waals surface area contributed by atoms with Gasteiger partial charge in [-0.25, -0.2) is 4.98 Å². The highest BCUT2D eigenvalue weighted by atomic mass is 35.5. The molecule has 0 atom stereocenters. The van der Waals surface area contributed by atoms with Crippen molar-refractivity contribution in [2.45, 2.75) is 13.8 Å². The zero-order valence-corrected chi connectivity index (χ0v) is 12.3. The van der Waals surface area contributed by atoms with Crippen LogP contribution in [0.1, 0.15) is 11.1 Å². The van der Waals surface area contributed by atoms with Crippen molar-refractivity contribution in [1.82, 2.24) is 4.98 Å². The highest BCUT2D eigenvalue weighted by Gasteiger charge is 2.07. The number of halogens is 1. The lowest BCUT2D eigenvalue weighted by Crippen LogP contribution is -1.92. The molecule has 2 nitrogen and oxygen atoms in total. The number of anilines is 2. The van der Waals surface area contributed by atoms with E-state index in [1.165, 1.54) is 10.3 Å². The highest BCUT2D eigenvalue weighted by Crippen LogP contribution is 2.31. The lowest BCUT2D eigenvalue weighted by molar-refractivity contribution is 1.38. The molecular weight excluding hydrogens is 276 g/mol. The highest BCUT2D eigenvalue weighted by molar-refractivity contribution is 7.22. The van der Waals surface area contributed by atoms with Gasteiger partial charge in [0.2, 0.25) is 0 Å². The number of aryl methyl sites for hydroxylation is 2. The van der Waals surface area contributed by atoms with E-state index in [-0.39, 0.29) is 0 Å². The first-order chi connectivity index (χ1) is 9.13. The molecule has 0 radical (unpaired) electrons. The normalized spacial score (nSPS) is 10.9. The van der Waals surface area contributed by atoms with Gasteiger partial charge in [-0.05, 0) is 43.2 Å². The number of hydrogen-bond acceptors (Lipinski definition) is 3.